The molecule has 2 rings (SSSR count). The Labute approximate surface area is 198 Å². The fourth-order valence-corrected chi connectivity index (χ4v) is 5.46. The number of carbonyl (C=O) groups excluding carboxylic acids is 1. The third-order valence-electron chi connectivity index (χ3n) is 5.00. The van der Waals surface area contributed by atoms with Crippen molar-refractivity contribution in [2.75, 3.05) is 25.1 Å². The summed E-state index contributed by atoms with van der Waals surface area (Å²) in [5, 5.41) is 3.00. The summed E-state index contributed by atoms with van der Waals surface area (Å²) in [6, 6.07) is 11.3. The highest BCUT2D eigenvalue weighted by atomic mass is 32.2. The molecule has 0 bridgehead atoms. The molecule has 2 aromatic rings. The maximum absolute atomic E-state index is 13.6. The maximum Gasteiger partial charge on any atom is 0.264 e. The van der Waals surface area contributed by atoms with Gasteiger partial charge in [0.2, 0.25) is 5.91 Å². The van der Waals surface area contributed by atoms with E-state index in [9.17, 15) is 13.2 Å². The third-order valence-corrected chi connectivity index (χ3v) is 6.79. The molecule has 0 aliphatic heterocycles. The summed E-state index contributed by atoms with van der Waals surface area (Å²) in [4.78, 5) is 13.2. The first-order valence-corrected chi connectivity index (χ1v) is 12.2. The fourth-order valence-electron chi connectivity index (χ4n) is 4.05. The number of carbonyl (C=O) groups is 1. The number of nitrogens with zero attached hydrogens (tertiary/aromatic N) is 1. The predicted octanol–water partition coefficient (Wildman–Crippen LogP) is 4.54. The number of ether oxygens (including phenoxy) is 2. The van der Waals surface area contributed by atoms with E-state index in [-0.39, 0.29) is 16.9 Å². The molecule has 0 fully saturated rings. The maximum atomic E-state index is 13.6. The van der Waals surface area contributed by atoms with Crippen LogP contribution in [-0.4, -0.2) is 40.6 Å². The predicted molar refractivity (Wildman–Crippen MR) is 132 cm³/mol. The number of anilines is 1. The highest BCUT2D eigenvalue weighted by Gasteiger charge is 2.31. The van der Waals surface area contributed by atoms with Crippen LogP contribution in [0.15, 0.2) is 47.4 Å². The number of hydrogen-bond acceptors (Lipinski definition) is 5. The van der Waals surface area contributed by atoms with E-state index in [1.165, 1.54) is 14.2 Å². The number of aryl methyl sites for hydroxylation is 1. The van der Waals surface area contributed by atoms with Crippen LogP contribution in [0.5, 0.6) is 11.5 Å². The van der Waals surface area contributed by atoms with Crippen LogP contribution in [0, 0.1) is 12.3 Å². The standard InChI is InChI=1S/C25H36N2O5S/c1-18-9-12-20(13-10-18)33(29,30)27(19-11-14-21(31-7)22(15-19)32-8)16-23(28)26-25(5,6)17-24(2,3)4/h9-15H,16-17H2,1-8H3,(H,26,28). The molecule has 33 heavy (non-hydrogen) atoms. The van der Waals surface area contributed by atoms with Gasteiger partial charge >= 0.3 is 0 Å². The molecule has 0 aliphatic rings. The smallest absolute Gasteiger partial charge is 0.264 e. The first-order valence-electron chi connectivity index (χ1n) is 10.8. The zero-order chi connectivity index (χ0) is 25.0. The quantitative estimate of drug-likeness (QED) is 0.574. The summed E-state index contributed by atoms with van der Waals surface area (Å²) in [6.45, 7) is 11.7. The first-order chi connectivity index (χ1) is 15.2. The second-order valence-electron chi connectivity index (χ2n) is 10.0. The van der Waals surface area contributed by atoms with Gasteiger partial charge in [-0.3, -0.25) is 9.10 Å². The molecule has 0 unspecified atom stereocenters. The van der Waals surface area contributed by atoms with Gasteiger partial charge in [0.15, 0.2) is 11.5 Å². The van der Waals surface area contributed by atoms with E-state index < -0.39 is 21.5 Å². The lowest BCUT2D eigenvalue weighted by Crippen LogP contribution is -2.50. The summed E-state index contributed by atoms with van der Waals surface area (Å²) < 4.78 is 38.9. The van der Waals surface area contributed by atoms with Crippen molar-refractivity contribution in [2.45, 2.75) is 58.4 Å². The average Bonchev–Trinajstić information content (AvgIpc) is 2.69. The lowest BCUT2D eigenvalue weighted by atomic mass is 9.82. The van der Waals surface area contributed by atoms with Gasteiger partial charge in [-0.2, -0.15) is 0 Å². The molecule has 0 atom stereocenters. The SMILES string of the molecule is COc1ccc(N(CC(=O)NC(C)(C)CC(C)(C)C)S(=O)(=O)c2ccc(C)cc2)cc1OC. The molecular weight excluding hydrogens is 440 g/mol. The van der Waals surface area contributed by atoms with Gasteiger partial charge in [-0.15, -0.1) is 0 Å². The Kier molecular flexibility index (Phi) is 8.06. The van der Waals surface area contributed by atoms with Crippen LogP contribution in [0.4, 0.5) is 5.69 Å². The summed E-state index contributed by atoms with van der Waals surface area (Å²) in [7, 11) is -1.05. The second kappa shape index (κ2) is 10.0. The number of rotatable bonds is 9. The van der Waals surface area contributed by atoms with Crippen molar-refractivity contribution in [3.8, 4) is 11.5 Å². The molecule has 0 radical (unpaired) electrons. The number of hydrogen-bond donors (Lipinski definition) is 1. The van der Waals surface area contributed by atoms with Crippen LogP contribution in [0.1, 0.15) is 46.6 Å². The molecule has 0 saturated carbocycles. The number of benzene rings is 2. The molecule has 7 nitrogen and oxygen atoms in total. The molecule has 1 amide bonds. The van der Waals surface area contributed by atoms with Crippen LogP contribution >= 0.6 is 0 Å². The summed E-state index contributed by atoms with van der Waals surface area (Å²) in [5.41, 5.74) is 0.727. The van der Waals surface area contributed by atoms with Gasteiger partial charge in [-0.05, 0) is 56.9 Å². The minimum Gasteiger partial charge on any atom is -0.493 e. The van der Waals surface area contributed by atoms with Crippen molar-refractivity contribution >= 4 is 21.6 Å². The summed E-state index contributed by atoms with van der Waals surface area (Å²) >= 11 is 0. The normalized spacial score (nSPS) is 12.2. The van der Waals surface area contributed by atoms with E-state index in [1.54, 1.807) is 42.5 Å². The molecule has 0 spiro atoms. The number of sulfonamides is 1. The van der Waals surface area contributed by atoms with Crippen LogP contribution in [0.25, 0.3) is 0 Å². The van der Waals surface area contributed by atoms with Crippen molar-refractivity contribution in [3.05, 3.63) is 48.0 Å². The van der Waals surface area contributed by atoms with E-state index in [0.29, 0.717) is 17.2 Å². The van der Waals surface area contributed by atoms with E-state index >= 15 is 0 Å². The largest absolute Gasteiger partial charge is 0.493 e. The molecule has 0 aliphatic carbocycles. The summed E-state index contributed by atoms with van der Waals surface area (Å²) in [5.74, 6) is 0.437. The minimum absolute atomic E-state index is 0.00616. The summed E-state index contributed by atoms with van der Waals surface area (Å²) in [6.07, 6.45) is 0.729. The monoisotopic (exact) mass is 476 g/mol. The van der Waals surface area contributed by atoms with Crippen molar-refractivity contribution in [1.29, 1.82) is 0 Å². The lowest BCUT2D eigenvalue weighted by molar-refractivity contribution is -0.121. The molecule has 0 saturated heterocycles. The minimum atomic E-state index is -4.03. The Morgan fingerprint density at radius 2 is 1.52 bits per heavy atom. The topological polar surface area (TPSA) is 84.9 Å². The number of amides is 1. The molecular formula is C25H36N2O5S. The highest BCUT2D eigenvalue weighted by molar-refractivity contribution is 7.92. The Balaban J connectivity index is 2.47. The van der Waals surface area contributed by atoms with Crippen molar-refractivity contribution < 1.29 is 22.7 Å². The van der Waals surface area contributed by atoms with Gasteiger partial charge in [0.1, 0.15) is 6.54 Å². The molecule has 182 valence electrons. The Hall–Kier alpha value is -2.74. The molecule has 0 aromatic heterocycles. The van der Waals surface area contributed by atoms with Gasteiger partial charge < -0.3 is 14.8 Å². The second-order valence-corrected chi connectivity index (χ2v) is 11.9. The van der Waals surface area contributed by atoms with E-state index in [4.69, 9.17) is 9.47 Å². The Bertz CT molecular complexity index is 1070. The Morgan fingerprint density at radius 3 is 2.03 bits per heavy atom. The van der Waals surface area contributed by atoms with Gasteiger partial charge in [0.25, 0.3) is 10.0 Å². The number of methoxy groups -OCH3 is 2. The lowest BCUT2D eigenvalue weighted by Gasteiger charge is -2.34. The molecule has 0 heterocycles. The fraction of sp³-hybridized carbons (Fsp3) is 0.480. The Morgan fingerprint density at radius 1 is 0.939 bits per heavy atom. The van der Waals surface area contributed by atoms with E-state index in [2.05, 4.69) is 26.1 Å². The zero-order valence-electron chi connectivity index (χ0n) is 20.9. The van der Waals surface area contributed by atoms with E-state index in [1.807, 2.05) is 20.8 Å². The van der Waals surface area contributed by atoms with E-state index in [0.717, 1.165) is 16.3 Å². The average molecular weight is 477 g/mol. The third kappa shape index (κ3) is 7.12. The van der Waals surface area contributed by atoms with Crippen LogP contribution in [0.3, 0.4) is 0 Å². The van der Waals surface area contributed by atoms with Gasteiger partial charge in [-0.1, -0.05) is 38.5 Å². The van der Waals surface area contributed by atoms with Gasteiger partial charge in [0.05, 0.1) is 24.8 Å². The van der Waals surface area contributed by atoms with Crippen molar-refractivity contribution in [1.82, 2.24) is 5.32 Å². The van der Waals surface area contributed by atoms with Gasteiger partial charge in [0, 0.05) is 11.6 Å². The van der Waals surface area contributed by atoms with Crippen LogP contribution in [0.2, 0.25) is 0 Å². The van der Waals surface area contributed by atoms with Crippen molar-refractivity contribution in [3.63, 3.8) is 0 Å². The molecule has 2 aromatic carbocycles. The molecule has 1 N–H and O–H groups in total. The zero-order valence-corrected chi connectivity index (χ0v) is 21.7. The number of nitrogens with one attached hydrogen (secondary N) is 1. The van der Waals surface area contributed by atoms with Crippen molar-refractivity contribution in [2.24, 2.45) is 5.41 Å². The van der Waals surface area contributed by atoms with Crippen LogP contribution < -0.4 is 19.1 Å². The first kappa shape index (κ1) is 26.5. The van der Waals surface area contributed by atoms with Gasteiger partial charge in [-0.25, -0.2) is 8.42 Å². The molecule has 8 heteroatoms. The van der Waals surface area contributed by atoms with Crippen LogP contribution in [-0.2, 0) is 14.8 Å². The highest BCUT2D eigenvalue weighted by Crippen LogP contribution is 2.34.